The van der Waals surface area contributed by atoms with Crippen molar-refractivity contribution in [2.45, 2.75) is 39.8 Å². The van der Waals surface area contributed by atoms with E-state index in [-0.39, 0.29) is 12.5 Å². The number of sulfonamides is 1. The van der Waals surface area contributed by atoms with Crippen LogP contribution in [0.4, 0.5) is 5.69 Å². The average Bonchev–Trinajstić information content (AvgIpc) is 2.78. The van der Waals surface area contributed by atoms with E-state index >= 15 is 0 Å². The highest BCUT2D eigenvalue weighted by molar-refractivity contribution is 7.92. The molecule has 0 aliphatic rings. The Morgan fingerprint density at radius 1 is 1.12 bits per heavy atom. The van der Waals surface area contributed by atoms with Gasteiger partial charge in [0.15, 0.2) is 0 Å². The number of benzene rings is 2. The van der Waals surface area contributed by atoms with Gasteiger partial charge in [-0.1, -0.05) is 36.8 Å². The first kappa shape index (κ1) is 26.2. The molecule has 0 fully saturated rings. The second-order valence-electron chi connectivity index (χ2n) is 7.95. The molecule has 0 bridgehead atoms. The van der Waals surface area contributed by atoms with Crippen molar-refractivity contribution in [3.8, 4) is 5.75 Å². The van der Waals surface area contributed by atoms with E-state index in [0.29, 0.717) is 18.0 Å². The lowest BCUT2D eigenvalue weighted by Crippen LogP contribution is -2.51. The molecule has 0 unspecified atom stereocenters. The van der Waals surface area contributed by atoms with Crippen LogP contribution in [-0.4, -0.2) is 57.6 Å². The van der Waals surface area contributed by atoms with E-state index in [9.17, 15) is 18.0 Å². The maximum absolute atomic E-state index is 13.4. The van der Waals surface area contributed by atoms with Crippen LogP contribution in [0.25, 0.3) is 0 Å². The van der Waals surface area contributed by atoms with Gasteiger partial charge in [-0.15, -0.1) is 0 Å². The molecule has 2 aromatic rings. The number of methoxy groups -OCH3 is 1. The van der Waals surface area contributed by atoms with Crippen molar-refractivity contribution in [2.24, 2.45) is 0 Å². The first-order chi connectivity index (χ1) is 15.6. The second-order valence-corrected chi connectivity index (χ2v) is 9.85. The molecule has 0 radical (unpaired) electrons. The van der Waals surface area contributed by atoms with Gasteiger partial charge in [0.05, 0.1) is 19.1 Å². The van der Waals surface area contributed by atoms with E-state index in [2.05, 4.69) is 5.32 Å². The fourth-order valence-corrected chi connectivity index (χ4v) is 4.20. The predicted molar refractivity (Wildman–Crippen MR) is 130 cm³/mol. The first-order valence-electron chi connectivity index (χ1n) is 10.8. The number of nitrogens with zero attached hydrogens (tertiary/aromatic N) is 2. The molecule has 8 nitrogen and oxygen atoms in total. The number of nitrogens with one attached hydrogen (secondary N) is 1. The fourth-order valence-electron chi connectivity index (χ4n) is 3.35. The minimum Gasteiger partial charge on any atom is -0.497 e. The lowest BCUT2D eigenvalue weighted by Gasteiger charge is -2.31. The molecule has 0 spiro atoms. The van der Waals surface area contributed by atoms with Crippen LogP contribution in [0.2, 0.25) is 0 Å². The van der Waals surface area contributed by atoms with Crippen LogP contribution in [0, 0.1) is 6.92 Å². The normalized spacial score (nSPS) is 12.0. The Morgan fingerprint density at radius 3 is 2.33 bits per heavy atom. The van der Waals surface area contributed by atoms with Gasteiger partial charge in [0.25, 0.3) is 0 Å². The summed E-state index contributed by atoms with van der Waals surface area (Å²) in [6.07, 6.45) is 1.82. The summed E-state index contributed by atoms with van der Waals surface area (Å²) < 4.78 is 31.2. The molecule has 0 saturated heterocycles. The van der Waals surface area contributed by atoms with Gasteiger partial charge in [-0.3, -0.25) is 13.9 Å². The highest BCUT2D eigenvalue weighted by atomic mass is 32.2. The highest BCUT2D eigenvalue weighted by Crippen LogP contribution is 2.22. The summed E-state index contributed by atoms with van der Waals surface area (Å²) in [4.78, 5) is 27.5. The van der Waals surface area contributed by atoms with Gasteiger partial charge in [-0.2, -0.15) is 0 Å². The number of anilines is 1. The number of carbonyl (C=O) groups is 2. The van der Waals surface area contributed by atoms with E-state index in [1.807, 2.05) is 38.1 Å². The minimum absolute atomic E-state index is 0.182. The Morgan fingerprint density at radius 2 is 1.79 bits per heavy atom. The standard InChI is InChI=1S/C24H33N3O5S/c1-6-14-25-24(29)19(3)26(16-20-9-7-8-18(2)15-20)23(28)17-27(33(5,30)31)21-10-12-22(32-4)13-11-21/h7-13,15,19H,6,14,16-17H2,1-5H3,(H,25,29)/t19-/m1/s1. The molecule has 0 saturated carbocycles. The molecule has 2 aromatic carbocycles. The fraction of sp³-hybridized carbons (Fsp3) is 0.417. The van der Waals surface area contributed by atoms with Gasteiger partial charge in [-0.25, -0.2) is 8.42 Å². The minimum atomic E-state index is -3.76. The van der Waals surface area contributed by atoms with Gasteiger partial charge < -0.3 is 15.0 Å². The Bertz CT molecular complexity index is 1050. The molecular weight excluding hydrogens is 442 g/mol. The molecule has 0 aliphatic heterocycles. The van der Waals surface area contributed by atoms with Crippen LogP contribution in [0.1, 0.15) is 31.4 Å². The Balaban J connectivity index is 2.36. The summed E-state index contributed by atoms with van der Waals surface area (Å²) in [5, 5.41) is 2.81. The SMILES string of the molecule is CCCNC(=O)[C@@H](C)N(Cc1cccc(C)c1)C(=O)CN(c1ccc(OC)cc1)S(C)(=O)=O. The van der Waals surface area contributed by atoms with E-state index in [0.717, 1.165) is 28.1 Å². The van der Waals surface area contributed by atoms with Gasteiger partial charge in [0.2, 0.25) is 21.8 Å². The summed E-state index contributed by atoms with van der Waals surface area (Å²) in [6.45, 7) is 5.79. The number of hydrogen-bond acceptors (Lipinski definition) is 5. The maximum Gasteiger partial charge on any atom is 0.244 e. The largest absolute Gasteiger partial charge is 0.497 e. The zero-order valence-corrected chi connectivity index (χ0v) is 20.7. The van der Waals surface area contributed by atoms with Crippen molar-refractivity contribution in [1.82, 2.24) is 10.2 Å². The zero-order chi connectivity index (χ0) is 24.6. The Labute approximate surface area is 196 Å². The van der Waals surface area contributed by atoms with Crippen LogP contribution in [0.3, 0.4) is 0 Å². The molecule has 9 heteroatoms. The smallest absolute Gasteiger partial charge is 0.244 e. The molecule has 180 valence electrons. The summed E-state index contributed by atoms with van der Waals surface area (Å²) in [7, 11) is -2.25. The van der Waals surface area contributed by atoms with Crippen molar-refractivity contribution in [1.29, 1.82) is 0 Å². The molecular formula is C24H33N3O5S. The molecule has 0 aromatic heterocycles. The number of carbonyl (C=O) groups excluding carboxylic acids is 2. The van der Waals surface area contributed by atoms with Gasteiger partial charge >= 0.3 is 0 Å². The van der Waals surface area contributed by atoms with Crippen LogP contribution >= 0.6 is 0 Å². The molecule has 0 heterocycles. The lowest BCUT2D eigenvalue weighted by atomic mass is 10.1. The molecule has 2 amide bonds. The van der Waals surface area contributed by atoms with Gasteiger partial charge in [-0.05, 0) is 50.1 Å². The van der Waals surface area contributed by atoms with Crippen LogP contribution in [-0.2, 0) is 26.2 Å². The summed E-state index contributed by atoms with van der Waals surface area (Å²) in [6, 6.07) is 13.3. The maximum atomic E-state index is 13.4. The molecule has 0 aliphatic carbocycles. The number of rotatable bonds is 11. The van der Waals surface area contributed by atoms with Crippen molar-refractivity contribution >= 4 is 27.5 Å². The molecule has 1 N–H and O–H groups in total. The topological polar surface area (TPSA) is 96.0 Å². The van der Waals surface area contributed by atoms with Crippen molar-refractivity contribution in [3.05, 3.63) is 59.7 Å². The predicted octanol–water partition coefficient (Wildman–Crippen LogP) is 2.71. The van der Waals surface area contributed by atoms with Crippen LogP contribution in [0.15, 0.2) is 48.5 Å². The molecule has 33 heavy (non-hydrogen) atoms. The zero-order valence-electron chi connectivity index (χ0n) is 19.9. The average molecular weight is 476 g/mol. The second kappa shape index (κ2) is 11.7. The lowest BCUT2D eigenvalue weighted by molar-refractivity contribution is -0.139. The van der Waals surface area contributed by atoms with Crippen molar-refractivity contribution in [2.75, 3.05) is 30.8 Å². The van der Waals surface area contributed by atoms with E-state index in [1.54, 1.807) is 31.2 Å². The van der Waals surface area contributed by atoms with Crippen LogP contribution < -0.4 is 14.4 Å². The van der Waals surface area contributed by atoms with E-state index < -0.39 is 28.5 Å². The third-order valence-corrected chi connectivity index (χ3v) is 6.33. The molecule has 2 rings (SSSR count). The number of aryl methyl sites for hydroxylation is 1. The Kier molecular flexibility index (Phi) is 9.28. The van der Waals surface area contributed by atoms with Crippen LogP contribution in [0.5, 0.6) is 5.75 Å². The highest BCUT2D eigenvalue weighted by Gasteiger charge is 2.30. The van der Waals surface area contributed by atoms with Crippen molar-refractivity contribution in [3.63, 3.8) is 0 Å². The number of amides is 2. The summed E-state index contributed by atoms with van der Waals surface area (Å²) >= 11 is 0. The number of hydrogen-bond donors (Lipinski definition) is 1. The third kappa shape index (κ3) is 7.49. The summed E-state index contributed by atoms with van der Waals surface area (Å²) in [5.74, 6) is -0.189. The monoisotopic (exact) mass is 475 g/mol. The first-order valence-corrected chi connectivity index (χ1v) is 12.7. The van der Waals surface area contributed by atoms with E-state index in [1.165, 1.54) is 12.0 Å². The molecule has 1 atom stereocenters. The summed E-state index contributed by atoms with van der Waals surface area (Å²) in [5.41, 5.74) is 2.22. The van der Waals surface area contributed by atoms with Crippen molar-refractivity contribution < 1.29 is 22.7 Å². The van der Waals surface area contributed by atoms with E-state index in [4.69, 9.17) is 4.74 Å². The Hall–Kier alpha value is -3.07. The van der Waals surface area contributed by atoms with Gasteiger partial charge in [0, 0.05) is 13.1 Å². The van der Waals surface area contributed by atoms with Gasteiger partial charge in [0.1, 0.15) is 18.3 Å². The quantitative estimate of drug-likeness (QED) is 0.539. The third-order valence-electron chi connectivity index (χ3n) is 5.19. The number of ether oxygens (including phenoxy) is 1.